The van der Waals surface area contributed by atoms with Crippen molar-refractivity contribution in [2.75, 3.05) is 26.7 Å². The number of likely N-dealkylation sites (N-methyl/N-ethyl adjacent to an activating group) is 1. The second-order valence-electron chi connectivity index (χ2n) is 5.54. The summed E-state index contributed by atoms with van der Waals surface area (Å²) in [7, 11) is 1.66. The zero-order chi connectivity index (χ0) is 14.8. The Morgan fingerprint density at radius 3 is 2.42 bits per heavy atom. The number of amides is 2. The zero-order valence-electron chi connectivity index (χ0n) is 12.7. The molecule has 0 aliphatic rings. The molecule has 0 spiro atoms. The molecule has 0 saturated heterocycles. The molecule has 0 radical (unpaired) electrons. The second kappa shape index (κ2) is 9.78. The average Bonchev–Trinajstić information content (AvgIpc) is 2.34. The molecular weight excluding hydrogens is 242 g/mol. The first-order chi connectivity index (χ1) is 8.90. The molecule has 0 saturated carbocycles. The summed E-state index contributed by atoms with van der Waals surface area (Å²) in [6.45, 7) is 7.52. The van der Waals surface area contributed by atoms with Gasteiger partial charge in [0.15, 0.2) is 0 Å². The molecule has 0 fully saturated rings. The van der Waals surface area contributed by atoms with Crippen molar-refractivity contribution < 1.29 is 9.59 Å². The number of hydrogen-bond donors (Lipinski definition) is 2. The van der Waals surface area contributed by atoms with Crippen LogP contribution in [0.1, 0.15) is 40.0 Å². The molecule has 0 unspecified atom stereocenters. The summed E-state index contributed by atoms with van der Waals surface area (Å²) in [5.41, 5.74) is 5.69. The molecule has 0 rings (SSSR count). The third-order valence-corrected chi connectivity index (χ3v) is 2.98. The Labute approximate surface area is 116 Å². The van der Waals surface area contributed by atoms with Crippen LogP contribution in [0.4, 0.5) is 0 Å². The summed E-state index contributed by atoms with van der Waals surface area (Å²) in [6, 6.07) is 0. The molecule has 19 heavy (non-hydrogen) atoms. The van der Waals surface area contributed by atoms with E-state index in [1.807, 2.05) is 6.92 Å². The highest BCUT2D eigenvalue weighted by atomic mass is 16.2. The summed E-state index contributed by atoms with van der Waals surface area (Å²) in [6.07, 6.45) is 2.26. The maximum absolute atomic E-state index is 12.0. The van der Waals surface area contributed by atoms with Gasteiger partial charge in [-0.05, 0) is 31.2 Å². The van der Waals surface area contributed by atoms with Crippen LogP contribution in [-0.4, -0.2) is 43.4 Å². The topological polar surface area (TPSA) is 75.4 Å². The molecule has 112 valence electrons. The van der Waals surface area contributed by atoms with Gasteiger partial charge >= 0.3 is 0 Å². The summed E-state index contributed by atoms with van der Waals surface area (Å²) in [5.74, 6) is 0.613. The van der Waals surface area contributed by atoms with Gasteiger partial charge in [0, 0.05) is 20.0 Å². The lowest BCUT2D eigenvalue weighted by molar-refractivity contribution is -0.135. The SMILES string of the molecule is CCCNC(=O)CN(C)C(=O)C[C@@H](CN)CC(C)C. The van der Waals surface area contributed by atoms with Crippen LogP contribution in [0.25, 0.3) is 0 Å². The highest BCUT2D eigenvalue weighted by Gasteiger charge is 2.18. The minimum atomic E-state index is -0.106. The number of nitrogens with two attached hydrogens (primary N) is 1. The van der Waals surface area contributed by atoms with Crippen molar-refractivity contribution in [1.29, 1.82) is 0 Å². The molecule has 0 aromatic heterocycles. The molecule has 0 bridgehead atoms. The van der Waals surface area contributed by atoms with E-state index in [-0.39, 0.29) is 24.3 Å². The number of hydrogen-bond acceptors (Lipinski definition) is 3. The van der Waals surface area contributed by atoms with Crippen LogP contribution in [0.5, 0.6) is 0 Å². The van der Waals surface area contributed by atoms with Gasteiger partial charge in [-0.2, -0.15) is 0 Å². The fourth-order valence-corrected chi connectivity index (χ4v) is 1.96. The molecule has 0 aromatic rings. The van der Waals surface area contributed by atoms with Gasteiger partial charge in [-0.25, -0.2) is 0 Å². The smallest absolute Gasteiger partial charge is 0.239 e. The highest BCUT2D eigenvalue weighted by molar-refractivity contribution is 5.84. The monoisotopic (exact) mass is 271 g/mol. The van der Waals surface area contributed by atoms with Crippen LogP contribution in [0.3, 0.4) is 0 Å². The Balaban J connectivity index is 4.13. The molecular formula is C14H29N3O2. The first-order valence-electron chi connectivity index (χ1n) is 7.11. The Morgan fingerprint density at radius 2 is 1.95 bits per heavy atom. The number of rotatable bonds is 9. The van der Waals surface area contributed by atoms with Crippen LogP contribution >= 0.6 is 0 Å². The van der Waals surface area contributed by atoms with Crippen LogP contribution < -0.4 is 11.1 Å². The van der Waals surface area contributed by atoms with Crippen molar-refractivity contribution >= 4 is 11.8 Å². The van der Waals surface area contributed by atoms with Crippen LogP contribution in [0.2, 0.25) is 0 Å². The van der Waals surface area contributed by atoms with Gasteiger partial charge in [0.05, 0.1) is 6.54 Å². The zero-order valence-corrected chi connectivity index (χ0v) is 12.7. The standard InChI is InChI=1S/C14H29N3O2/c1-5-6-16-13(18)10-17(4)14(19)8-12(9-15)7-11(2)3/h11-12H,5-10,15H2,1-4H3,(H,16,18)/t12-/m0/s1. The Bertz CT molecular complexity index is 280. The number of nitrogens with zero attached hydrogens (tertiary/aromatic N) is 1. The predicted molar refractivity (Wildman–Crippen MR) is 77.6 cm³/mol. The van der Waals surface area contributed by atoms with Gasteiger partial charge < -0.3 is 16.0 Å². The van der Waals surface area contributed by atoms with Crippen LogP contribution in [0, 0.1) is 11.8 Å². The fraction of sp³-hybridized carbons (Fsp3) is 0.857. The minimum absolute atomic E-state index is 0.0113. The van der Waals surface area contributed by atoms with E-state index in [0.29, 0.717) is 25.4 Å². The average molecular weight is 271 g/mol. The largest absolute Gasteiger partial charge is 0.355 e. The first kappa shape index (κ1) is 17.9. The van der Waals surface area contributed by atoms with Crippen molar-refractivity contribution in [2.24, 2.45) is 17.6 Å². The fourth-order valence-electron chi connectivity index (χ4n) is 1.96. The summed E-state index contributed by atoms with van der Waals surface area (Å²) < 4.78 is 0. The molecule has 2 amide bonds. The van der Waals surface area contributed by atoms with Gasteiger partial charge in [-0.3, -0.25) is 9.59 Å². The van der Waals surface area contributed by atoms with E-state index in [0.717, 1.165) is 12.8 Å². The third kappa shape index (κ3) is 8.59. The van der Waals surface area contributed by atoms with E-state index in [2.05, 4.69) is 19.2 Å². The van der Waals surface area contributed by atoms with E-state index >= 15 is 0 Å². The molecule has 0 aliphatic heterocycles. The molecule has 5 nitrogen and oxygen atoms in total. The Kier molecular flexibility index (Phi) is 9.21. The predicted octanol–water partition coefficient (Wildman–Crippen LogP) is 0.982. The minimum Gasteiger partial charge on any atom is -0.355 e. The lowest BCUT2D eigenvalue weighted by Crippen LogP contribution is -2.39. The number of nitrogens with one attached hydrogen (secondary N) is 1. The van der Waals surface area contributed by atoms with Gasteiger partial charge in [0.1, 0.15) is 0 Å². The van der Waals surface area contributed by atoms with E-state index in [1.54, 1.807) is 7.05 Å². The van der Waals surface area contributed by atoms with Crippen molar-refractivity contribution in [3.8, 4) is 0 Å². The van der Waals surface area contributed by atoms with E-state index in [4.69, 9.17) is 5.73 Å². The first-order valence-corrected chi connectivity index (χ1v) is 7.11. The van der Waals surface area contributed by atoms with Crippen LogP contribution in [0.15, 0.2) is 0 Å². The maximum atomic E-state index is 12.0. The van der Waals surface area contributed by atoms with E-state index in [9.17, 15) is 9.59 Å². The molecule has 1 atom stereocenters. The second-order valence-corrected chi connectivity index (χ2v) is 5.54. The lowest BCUT2D eigenvalue weighted by atomic mass is 9.94. The van der Waals surface area contributed by atoms with Gasteiger partial charge in [-0.1, -0.05) is 20.8 Å². The quantitative estimate of drug-likeness (QED) is 0.656. The Morgan fingerprint density at radius 1 is 1.32 bits per heavy atom. The van der Waals surface area contributed by atoms with Gasteiger partial charge in [0.25, 0.3) is 0 Å². The summed E-state index contributed by atoms with van der Waals surface area (Å²) in [5, 5.41) is 2.76. The van der Waals surface area contributed by atoms with Crippen molar-refractivity contribution in [2.45, 2.75) is 40.0 Å². The molecule has 0 heterocycles. The van der Waals surface area contributed by atoms with Gasteiger partial charge in [0.2, 0.25) is 11.8 Å². The third-order valence-electron chi connectivity index (χ3n) is 2.98. The van der Waals surface area contributed by atoms with E-state index in [1.165, 1.54) is 4.90 Å². The normalized spacial score (nSPS) is 12.3. The molecule has 3 N–H and O–H groups in total. The van der Waals surface area contributed by atoms with Crippen molar-refractivity contribution in [3.05, 3.63) is 0 Å². The van der Waals surface area contributed by atoms with E-state index < -0.39 is 0 Å². The lowest BCUT2D eigenvalue weighted by Gasteiger charge is -2.21. The maximum Gasteiger partial charge on any atom is 0.239 e. The Hall–Kier alpha value is -1.10. The van der Waals surface area contributed by atoms with Gasteiger partial charge in [-0.15, -0.1) is 0 Å². The van der Waals surface area contributed by atoms with Crippen molar-refractivity contribution in [3.63, 3.8) is 0 Å². The van der Waals surface area contributed by atoms with Crippen LogP contribution in [-0.2, 0) is 9.59 Å². The molecule has 0 aliphatic carbocycles. The summed E-state index contributed by atoms with van der Waals surface area (Å²) >= 11 is 0. The molecule has 0 aromatic carbocycles. The summed E-state index contributed by atoms with van der Waals surface area (Å²) in [4.78, 5) is 25.0. The number of carbonyl (C=O) groups excluding carboxylic acids is 2. The highest BCUT2D eigenvalue weighted by Crippen LogP contribution is 2.15. The van der Waals surface area contributed by atoms with Crippen molar-refractivity contribution in [1.82, 2.24) is 10.2 Å². The number of carbonyl (C=O) groups is 2. The molecule has 5 heteroatoms.